The number of nitrogens with zero attached hydrogens (tertiary/aromatic N) is 2. The molecule has 1 aliphatic carbocycles. The van der Waals surface area contributed by atoms with E-state index >= 15 is 0 Å². The number of carbonyl (C=O) groups is 1. The van der Waals surface area contributed by atoms with Gasteiger partial charge in [-0.1, -0.05) is 23.7 Å². The van der Waals surface area contributed by atoms with Crippen LogP contribution in [0.15, 0.2) is 24.3 Å². The summed E-state index contributed by atoms with van der Waals surface area (Å²) in [6.07, 6.45) is 4.84. The molecule has 2 heterocycles. The van der Waals surface area contributed by atoms with E-state index in [1.165, 1.54) is 24.2 Å². The molecule has 4 rings (SSSR count). The number of thiazole rings is 1. The lowest BCUT2D eigenvalue weighted by Gasteiger charge is -2.32. The maximum atomic E-state index is 13.0. The fraction of sp³-hybridized carbons (Fsp3) is 0.500. The Kier molecular flexibility index (Phi) is 5.30. The van der Waals surface area contributed by atoms with Crippen LogP contribution in [0.5, 0.6) is 0 Å². The molecule has 2 fully saturated rings. The molecule has 4 nitrogen and oxygen atoms in total. The second-order valence-electron chi connectivity index (χ2n) is 7.36. The zero-order chi connectivity index (χ0) is 18.1. The van der Waals surface area contributed by atoms with Gasteiger partial charge in [0.2, 0.25) is 0 Å². The largest absolute Gasteiger partial charge is 0.338 e. The Hall–Kier alpha value is -1.43. The van der Waals surface area contributed by atoms with E-state index in [1.807, 2.05) is 36.1 Å². The minimum Gasteiger partial charge on any atom is -0.338 e. The molecule has 2 aromatic rings. The number of nitrogens with one attached hydrogen (secondary N) is 1. The van der Waals surface area contributed by atoms with Gasteiger partial charge in [0.1, 0.15) is 9.88 Å². The maximum absolute atomic E-state index is 13.0. The van der Waals surface area contributed by atoms with Crippen molar-refractivity contribution in [3.05, 3.63) is 39.9 Å². The van der Waals surface area contributed by atoms with Crippen molar-refractivity contribution < 1.29 is 4.79 Å². The third-order valence-electron chi connectivity index (χ3n) is 5.26. The van der Waals surface area contributed by atoms with Gasteiger partial charge in [-0.05, 0) is 57.2 Å². The molecule has 1 aromatic carbocycles. The predicted octanol–water partition coefficient (Wildman–Crippen LogP) is 4.38. The van der Waals surface area contributed by atoms with Gasteiger partial charge in [0.05, 0.1) is 5.69 Å². The van der Waals surface area contributed by atoms with E-state index in [1.54, 1.807) is 0 Å². The summed E-state index contributed by atoms with van der Waals surface area (Å²) >= 11 is 7.44. The molecule has 1 N–H and O–H groups in total. The Labute approximate surface area is 163 Å². The molecule has 2 aliphatic rings. The topological polar surface area (TPSA) is 45.2 Å². The lowest BCUT2D eigenvalue weighted by Crippen LogP contribution is -2.45. The molecular formula is C20H24ClN3OS. The number of hydrogen-bond acceptors (Lipinski definition) is 4. The van der Waals surface area contributed by atoms with Crippen molar-refractivity contribution in [1.29, 1.82) is 0 Å². The van der Waals surface area contributed by atoms with Gasteiger partial charge in [-0.2, -0.15) is 0 Å². The molecule has 26 heavy (non-hydrogen) atoms. The molecule has 1 aliphatic heterocycles. The van der Waals surface area contributed by atoms with Crippen LogP contribution >= 0.6 is 22.9 Å². The van der Waals surface area contributed by atoms with Gasteiger partial charge in [-0.3, -0.25) is 4.79 Å². The number of benzene rings is 1. The number of hydrogen-bond donors (Lipinski definition) is 1. The van der Waals surface area contributed by atoms with Crippen LogP contribution < -0.4 is 5.32 Å². The highest BCUT2D eigenvalue weighted by Gasteiger charge is 2.28. The molecule has 0 spiro atoms. The molecule has 0 atom stereocenters. The number of amides is 1. The highest BCUT2D eigenvalue weighted by atomic mass is 35.5. The minimum absolute atomic E-state index is 0.126. The second kappa shape index (κ2) is 7.67. The zero-order valence-electron chi connectivity index (χ0n) is 15.0. The van der Waals surface area contributed by atoms with Crippen molar-refractivity contribution in [2.24, 2.45) is 5.92 Å². The Morgan fingerprint density at radius 2 is 1.92 bits per heavy atom. The van der Waals surface area contributed by atoms with Gasteiger partial charge in [0.15, 0.2) is 0 Å². The molecule has 0 bridgehead atoms. The molecule has 1 aromatic heterocycles. The van der Waals surface area contributed by atoms with Crippen molar-refractivity contribution in [3.63, 3.8) is 0 Å². The Morgan fingerprint density at radius 3 is 2.58 bits per heavy atom. The fourth-order valence-corrected chi connectivity index (χ4v) is 4.56. The first-order valence-corrected chi connectivity index (χ1v) is 10.6. The zero-order valence-corrected chi connectivity index (χ0v) is 16.6. The summed E-state index contributed by atoms with van der Waals surface area (Å²) in [7, 11) is 0. The first-order chi connectivity index (χ1) is 12.6. The molecule has 1 amide bonds. The van der Waals surface area contributed by atoms with Gasteiger partial charge in [-0.15, -0.1) is 11.3 Å². The van der Waals surface area contributed by atoms with Crippen LogP contribution in [0.25, 0.3) is 10.6 Å². The summed E-state index contributed by atoms with van der Waals surface area (Å²) in [5, 5.41) is 5.25. The number of rotatable bonds is 5. The number of aryl methyl sites for hydroxylation is 1. The summed E-state index contributed by atoms with van der Waals surface area (Å²) in [5.41, 5.74) is 1.82. The van der Waals surface area contributed by atoms with E-state index in [-0.39, 0.29) is 5.91 Å². The van der Waals surface area contributed by atoms with E-state index in [9.17, 15) is 4.79 Å². The molecule has 1 saturated heterocycles. The first-order valence-electron chi connectivity index (χ1n) is 9.36. The Morgan fingerprint density at radius 1 is 1.23 bits per heavy atom. The van der Waals surface area contributed by atoms with Crippen molar-refractivity contribution >= 4 is 28.8 Å². The van der Waals surface area contributed by atoms with Gasteiger partial charge in [0, 0.05) is 29.7 Å². The standard InChI is InChI=1S/C20H24ClN3OS/c1-13-18(26-19(23-13)15-4-6-16(21)7-5-15)20(25)24-10-8-17(9-11-24)22-12-14-2-3-14/h4-7,14,17,22H,2-3,8-12H2,1H3. The molecule has 1 saturated carbocycles. The normalized spacial score (nSPS) is 18.3. The van der Waals surface area contributed by atoms with Crippen LogP contribution in [-0.2, 0) is 0 Å². The van der Waals surface area contributed by atoms with E-state index in [0.717, 1.165) is 59.5 Å². The second-order valence-corrected chi connectivity index (χ2v) is 8.79. The van der Waals surface area contributed by atoms with Crippen LogP contribution in [0.1, 0.15) is 41.0 Å². The summed E-state index contributed by atoms with van der Waals surface area (Å²) in [6, 6.07) is 8.17. The van der Waals surface area contributed by atoms with E-state index in [0.29, 0.717) is 11.1 Å². The average Bonchev–Trinajstić information content (AvgIpc) is 3.41. The van der Waals surface area contributed by atoms with Gasteiger partial charge in [-0.25, -0.2) is 4.98 Å². The lowest BCUT2D eigenvalue weighted by molar-refractivity contribution is 0.0709. The lowest BCUT2D eigenvalue weighted by atomic mass is 10.0. The Bertz CT molecular complexity index is 777. The van der Waals surface area contributed by atoms with Crippen LogP contribution in [0.3, 0.4) is 0 Å². The van der Waals surface area contributed by atoms with E-state index in [4.69, 9.17) is 11.6 Å². The average molecular weight is 390 g/mol. The van der Waals surface area contributed by atoms with Crippen LogP contribution in [0.2, 0.25) is 5.02 Å². The van der Waals surface area contributed by atoms with E-state index in [2.05, 4.69) is 10.3 Å². The first kappa shape index (κ1) is 18.0. The third-order valence-corrected chi connectivity index (χ3v) is 6.70. The molecular weight excluding hydrogens is 366 g/mol. The molecule has 0 unspecified atom stereocenters. The number of likely N-dealkylation sites (tertiary alicyclic amines) is 1. The number of halogens is 1. The quantitative estimate of drug-likeness (QED) is 0.825. The van der Waals surface area contributed by atoms with Gasteiger partial charge >= 0.3 is 0 Å². The predicted molar refractivity (Wildman–Crippen MR) is 107 cm³/mol. The van der Waals surface area contributed by atoms with Crippen LogP contribution in [-0.4, -0.2) is 41.5 Å². The third kappa shape index (κ3) is 4.11. The monoisotopic (exact) mass is 389 g/mol. The summed E-state index contributed by atoms with van der Waals surface area (Å²) in [6.45, 7) is 4.73. The highest BCUT2D eigenvalue weighted by Crippen LogP contribution is 2.31. The number of carbonyl (C=O) groups excluding carboxylic acids is 1. The molecule has 138 valence electrons. The van der Waals surface area contributed by atoms with Crippen molar-refractivity contribution in [2.75, 3.05) is 19.6 Å². The fourth-order valence-electron chi connectivity index (χ4n) is 3.40. The van der Waals surface area contributed by atoms with E-state index < -0.39 is 0 Å². The number of piperidine rings is 1. The highest BCUT2D eigenvalue weighted by molar-refractivity contribution is 7.17. The maximum Gasteiger partial charge on any atom is 0.265 e. The SMILES string of the molecule is Cc1nc(-c2ccc(Cl)cc2)sc1C(=O)N1CCC(NCC2CC2)CC1. The minimum atomic E-state index is 0.126. The Balaban J connectivity index is 1.39. The van der Waals surface area contributed by atoms with Crippen molar-refractivity contribution in [1.82, 2.24) is 15.2 Å². The summed E-state index contributed by atoms with van der Waals surface area (Å²) in [4.78, 5) is 20.3. The van der Waals surface area contributed by atoms with Crippen molar-refractivity contribution in [2.45, 2.75) is 38.6 Å². The van der Waals surface area contributed by atoms with Crippen molar-refractivity contribution in [3.8, 4) is 10.6 Å². The smallest absolute Gasteiger partial charge is 0.265 e. The molecule has 6 heteroatoms. The summed E-state index contributed by atoms with van der Waals surface area (Å²) < 4.78 is 0. The number of aromatic nitrogens is 1. The van der Waals surface area contributed by atoms with Crippen LogP contribution in [0, 0.1) is 12.8 Å². The summed E-state index contributed by atoms with van der Waals surface area (Å²) in [5.74, 6) is 1.03. The van der Waals surface area contributed by atoms with Crippen LogP contribution in [0.4, 0.5) is 0 Å². The molecule has 0 radical (unpaired) electrons. The van der Waals surface area contributed by atoms with Gasteiger partial charge < -0.3 is 10.2 Å². The van der Waals surface area contributed by atoms with Gasteiger partial charge in [0.25, 0.3) is 5.91 Å².